The van der Waals surface area contributed by atoms with Crippen LogP contribution in [0.1, 0.15) is 11.1 Å². The lowest BCUT2D eigenvalue weighted by Gasteiger charge is -2.11. The Kier molecular flexibility index (Phi) is 2.59. The van der Waals surface area contributed by atoms with Gasteiger partial charge in [-0.1, -0.05) is 48.6 Å². The van der Waals surface area contributed by atoms with Gasteiger partial charge in [0.15, 0.2) is 0 Å². The normalized spacial score (nSPS) is 12.6. The van der Waals surface area contributed by atoms with Crippen molar-refractivity contribution in [2.45, 2.75) is 6.42 Å². The summed E-state index contributed by atoms with van der Waals surface area (Å²) in [6, 6.07) is 13.0. The first-order chi connectivity index (χ1) is 6.45. The minimum Gasteiger partial charge on any atom is -0.107 e. The summed E-state index contributed by atoms with van der Waals surface area (Å²) in [4.78, 5) is 0. The van der Waals surface area contributed by atoms with Crippen LogP contribution in [-0.4, -0.2) is 0 Å². The van der Waals surface area contributed by atoms with E-state index in [1.807, 2.05) is 0 Å². The highest BCUT2D eigenvalue weighted by Crippen LogP contribution is 2.27. The van der Waals surface area contributed by atoms with E-state index in [-0.39, 0.29) is 24.0 Å². The fraction of sp³-hybridized carbons (Fsp3) is 0.0769. The number of halogens is 1. The third-order valence-corrected chi connectivity index (χ3v) is 2.66. The number of hydrogen-bond acceptors (Lipinski definition) is 0. The third kappa shape index (κ3) is 1.36. The van der Waals surface area contributed by atoms with Gasteiger partial charge in [0.25, 0.3) is 0 Å². The summed E-state index contributed by atoms with van der Waals surface area (Å²) < 4.78 is 0. The van der Waals surface area contributed by atoms with Crippen LogP contribution in [0, 0.1) is 0 Å². The lowest BCUT2D eigenvalue weighted by molar-refractivity contribution is 1.29. The van der Waals surface area contributed by atoms with Crippen molar-refractivity contribution in [3.05, 3.63) is 53.6 Å². The summed E-state index contributed by atoms with van der Waals surface area (Å²) in [5.41, 5.74) is 2.81. The van der Waals surface area contributed by atoms with Crippen molar-refractivity contribution < 1.29 is 0 Å². The topological polar surface area (TPSA) is 0 Å². The van der Waals surface area contributed by atoms with E-state index in [2.05, 4.69) is 48.6 Å². The largest absolute Gasteiger partial charge is 0.107 e. The highest BCUT2D eigenvalue weighted by molar-refractivity contribution is 14.0. The van der Waals surface area contributed by atoms with Gasteiger partial charge in [-0.2, -0.15) is 0 Å². The van der Waals surface area contributed by atoms with Crippen LogP contribution >= 0.6 is 24.0 Å². The second kappa shape index (κ2) is 3.73. The SMILES string of the molecule is C1=Cc2cccc3cccc(c23)C1.I. The highest BCUT2D eigenvalue weighted by atomic mass is 127. The molecule has 0 amide bonds. The van der Waals surface area contributed by atoms with Crippen LogP contribution in [0.4, 0.5) is 0 Å². The molecule has 0 saturated carbocycles. The zero-order valence-electron chi connectivity index (χ0n) is 7.73. The summed E-state index contributed by atoms with van der Waals surface area (Å²) in [5, 5.41) is 2.80. The molecule has 0 unspecified atom stereocenters. The van der Waals surface area contributed by atoms with Crippen molar-refractivity contribution in [2.75, 3.05) is 0 Å². The average Bonchev–Trinajstić information content (AvgIpc) is 2.19. The van der Waals surface area contributed by atoms with Crippen LogP contribution in [0.25, 0.3) is 16.8 Å². The first-order valence-electron chi connectivity index (χ1n) is 4.62. The van der Waals surface area contributed by atoms with Gasteiger partial charge in [0.2, 0.25) is 0 Å². The molecule has 70 valence electrons. The minimum atomic E-state index is 0. The van der Waals surface area contributed by atoms with Gasteiger partial charge in [-0.3, -0.25) is 0 Å². The molecule has 2 aromatic carbocycles. The number of benzene rings is 2. The molecule has 1 aliphatic carbocycles. The molecular weight excluding hydrogens is 283 g/mol. The molecule has 0 spiro atoms. The average molecular weight is 294 g/mol. The monoisotopic (exact) mass is 294 g/mol. The second-order valence-corrected chi connectivity index (χ2v) is 3.47. The number of allylic oxidation sites excluding steroid dienone is 1. The van der Waals surface area contributed by atoms with E-state index in [4.69, 9.17) is 0 Å². The molecule has 0 aliphatic heterocycles. The Morgan fingerprint density at radius 1 is 0.929 bits per heavy atom. The van der Waals surface area contributed by atoms with Crippen LogP contribution in [-0.2, 0) is 6.42 Å². The Morgan fingerprint density at radius 3 is 2.57 bits per heavy atom. The molecule has 0 heterocycles. The first-order valence-corrected chi connectivity index (χ1v) is 4.62. The molecule has 14 heavy (non-hydrogen) atoms. The van der Waals surface area contributed by atoms with Crippen molar-refractivity contribution in [2.24, 2.45) is 0 Å². The molecule has 0 aromatic heterocycles. The van der Waals surface area contributed by atoms with Crippen molar-refractivity contribution in [1.82, 2.24) is 0 Å². The summed E-state index contributed by atoms with van der Waals surface area (Å²) in [6.07, 6.45) is 5.53. The summed E-state index contributed by atoms with van der Waals surface area (Å²) in [6.45, 7) is 0. The standard InChI is InChI=1S/C13H10.HI/c1-4-10-6-2-8-12-9-3-7-11(5-1)13(10)12;/h1-8H,9H2;1H. The molecule has 0 saturated heterocycles. The lowest BCUT2D eigenvalue weighted by atomic mass is 9.93. The van der Waals surface area contributed by atoms with E-state index in [9.17, 15) is 0 Å². The van der Waals surface area contributed by atoms with Gasteiger partial charge in [0, 0.05) is 0 Å². The Balaban J connectivity index is 0.000000750. The van der Waals surface area contributed by atoms with Crippen molar-refractivity contribution >= 4 is 40.8 Å². The van der Waals surface area contributed by atoms with E-state index >= 15 is 0 Å². The van der Waals surface area contributed by atoms with E-state index < -0.39 is 0 Å². The molecule has 0 fully saturated rings. The van der Waals surface area contributed by atoms with Gasteiger partial charge in [-0.25, -0.2) is 0 Å². The van der Waals surface area contributed by atoms with E-state index in [1.54, 1.807) is 0 Å². The van der Waals surface area contributed by atoms with Crippen LogP contribution < -0.4 is 0 Å². The third-order valence-electron chi connectivity index (χ3n) is 2.66. The molecule has 0 radical (unpaired) electrons. The molecule has 0 bridgehead atoms. The molecule has 1 heteroatoms. The van der Waals surface area contributed by atoms with Crippen LogP contribution in [0.3, 0.4) is 0 Å². The molecule has 2 aromatic rings. The maximum atomic E-state index is 2.23. The van der Waals surface area contributed by atoms with Crippen LogP contribution in [0.2, 0.25) is 0 Å². The Hall–Kier alpha value is -0.830. The number of hydrogen-bond donors (Lipinski definition) is 0. The Labute approximate surface area is 101 Å². The van der Waals surface area contributed by atoms with Crippen molar-refractivity contribution in [1.29, 1.82) is 0 Å². The lowest BCUT2D eigenvalue weighted by Crippen LogP contribution is -1.91. The number of rotatable bonds is 0. The highest BCUT2D eigenvalue weighted by Gasteiger charge is 2.06. The van der Waals surface area contributed by atoms with E-state index in [0.717, 1.165) is 6.42 Å². The fourth-order valence-corrected chi connectivity index (χ4v) is 2.07. The second-order valence-electron chi connectivity index (χ2n) is 3.47. The summed E-state index contributed by atoms with van der Waals surface area (Å²) >= 11 is 0. The Morgan fingerprint density at radius 2 is 1.71 bits per heavy atom. The minimum absolute atomic E-state index is 0. The van der Waals surface area contributed by atoms with Gasteiger partial charge >= 0.3 is 0 Å². The summed E-state index contributed by atoms with van der Waals surface area (Å²) in [5.74, 6) is 0. The molecule has 0 N–H and O–H groups in total. The molecule has 3 rings (SSSR count). The van der Waals surface area contributed by atoms with Crippen LogP contribution in [0.5, 0.6) is 0 Å². The fourth-order valence-electron chi connectivity index (χ4n) is 2.07. The molecule has 0 nitrogen and oxygen atoms in total. The van der Waals surface area contributed by atoms with Crippen molar-refractivity contribution in [3.8, 4) is 0 Å². The summed E-state index contributed by atoms with van der Waals surface area (Å²) in [7, 11) is 0. The predicted octanol–water partition coefficient (Wildman–Crippen LogP) is 4.03. The molecule has 0 atom stereocenters. The maximum absolute atomic E-state index is 2.23. The van der Waals surface area contributed by atoms with Gasteiger partial charge in [0.1, 0.15) is 0 Å². The van der Waals surface area contributed by atoms with Gasteiger partial charge < -0.3 is 0 Å². The first kappa shape index (κ1) is 9.71. The maximum Gasteiger partial charge on any atom is -0.00763 e. The Bertz CT molecular complexity index is 492. The zero-order valence-corrected chi connectivity index (χ0v) is 10.1. The molecule has 1 aliphatic rings. The van der Waals surface area contributed by atoms with Gasteiger partial charge in [0.05, 0.1) is 0 Å². The van der Waals surface area contributed by atoms with Crippen molar-refractivity contribution in [3.63, 3.8) is 0 Å². The smallest absolute Gasteiger partial charge is 0.00763 e. The van der Waals surface area contributed by atoms with Gasteiger partial charge in [-0.15, -0.1) is 24.0 Å². The van der Waals surface area contributed by atoms with E-state index in [1.165, 1.54) is 21.9 Å². The van der Waals surface area contributed by atoms with Gasteiger partial charge in [-0.05, 0) is 28.3 Å². The predicted molar refractivity (Wildman–Crippen MR) is 72.1 cm³/mol. The zero-order chi connectivity index (χ0) is 8.67. The molecular formula is C13H11I. The quantitative estimate of drug-likeness (QED) is 0.644. The van der Waals surface area contributed by atoms with Crippen LogP contribution in [0.15, 0.2) is 42.5 Å². The van der Waals surface area contributed by atoms with E-state index in [0.29, 0.717) is 0 Å².